The van der Waals surface area contributed by atoms with Crippen LogP contribution in [0.5, 0.6) is 0 Å². The first-order chi connectivity index (χ1) is 12.8. The summed E-state index contributed by atoms with van der Waals surface area (Å²) in [6, 6.07) is 8.69. The molecule has 0 radical (unpaired) electrons. The van der Waals surface area contributed by atoms with Crippen molar-refractivity contribution in [3.63, 3.8) is 0 Å². The minimum atomic E-state index is -4.57. The molecule has 2 aromatic rings. The Morgan fingerprint density at radius 2 is 1.74 bits per heavy atom. The minimum absolute atomic E-state index is 0.121. The van der Waals surface area contributed by atoms with Crippen molar-refractivity contribution in [1.29, 1.82) is 0 Å². The van der Waals surface area contributed by atoms with Crippen LogP contribution in [0.4, 0.5) is 13.2 Å². The van der Waals surface area contributed by atoms with Gasteiger partial charge in [0.2, 0.25) is 0 Å². The number of nitrogens with zero attached hydrogens (tertiary/aromatic N) is 3. The molecule has 1 saturated heterocycles. The highest BCUT2D eigenvalue weighted by molar-refractivity contribution is 5.92. The largest absolute Gasteiger partial charge is 0.435 e. The Morgan fingerprint density at radius 1 is 1.11 bits per heavy atom. The first-order valence-corrected chi connectivity index (χ1v) is 9.02. The Balaban J connectivity index is 1.55. The number of nitrogens with one attached hydrogen (secondary N) is 1. The Morgan fingerprint density at radius 3 is 2.33 bits per heavy atom. The molecule has 0 saturated carbocycles. The van der Waals surface area contributed by atoms with Crippen molar-refractivity contribution in [3.8, 4) is 0 Å². The van der Waals surface area contributed by atoms with E-state index >= 15 is 0 Å². The van der Waals surface area contributed by atoms with Crippen LogP contribution < -0.4 is 5.32 Å². The van der Waals surface area contributed by atoms with Crippen molar-refractivity contribution < 1.29 is 18.0 Å². The van der Waals surface area contributed by atoms with Gasteiger partial charge in [-0.1, -0.05) is 30.7 Å². The summed E-state index contributed by atoms with van der Waals surface area (Å²) < 4.78 is 39.0. The first-order valence-electron chi connectivity index (χ1n) is 9.02. The van der Waals surface area contributed by atoms with Gasteiger partial charge in [0.1, 0.15) is 5.69 Å². The Hall–Kier alpha value is -2.35. The molecule has 1 N–H and O–H groups in total. The average molecular weight is 380 g/mol. The van der Waals surface area contributed by atoms with Gasteiger partial charge >= 0.3 is 6.18 Å². The van der Waals surface area contributed by atoms with Crippen molar-refractivity contribution in [1.82, 2.24) is 20.0 Å². The number of alkyl halides is 3. The maximum Gasteiger partial charge on any atom is 0.435 e. The quantitative estimate of drug-likeness (QED) is 0.866. The number of piperidine rings is 1. The van der Waals surface area contributed by atoms with Gasteiger partial charge in [-0.05, 0) is 37.1 Å². The molecule has 0 spiro atoms. The Bertz CT molecular complexity index is 777. The van der Waals surface area contributed by atoms with E-state index in [2.05, 4.69) is 15.3 Å². The maximum absolute atomic E-state index is 12.7. The van der Waals surface area contributed by atoms with Crippen molar-refractivity contribution in [2.75, 3.05) is 13.1 Å². The minimum Gasteiger partial charge on any atom is -0.347 e. The number of aryl methyl sites for hydroxylation is 1. The number of halogens is 3. The fourth-order valence-electron chi connectivity index (χ4n) is 3.23. The molecule has 1 aliphatic heterocycles. The van der Waals surface area contributed by atoms with Gasteiger partial charge in [-0.15, -0.1) is 0 Å². The van der Waals surface area contributed by atoms with Gasteiger partial charge in [0.15, 0.2) is 5.69 Å². The molecule has 8 heteroatoms. The molecular weight excluding hydrogens is 357 g/mol. The third kappa shape index (κ3) is 5.09. The van der Waals surface area contributed by atoms with Crippen LogP contribution in [0.2, 0.25) is 0 Å². The topological polar surface area (TPSA) is 50.2 Å². The van der Waals surface area contributed by atoms with Gasteiger partial charge < -0.3 is 5.32 Å². The molecule has 27 heavy (non-hydrogen) atoms. The van der Waals surface area contributed by atoms with Crippen LogP contribution in [-0.2, 0) is 26.3 Å². The van der Waals surface area contributed by atoms with E-state index in [9.17, 15) is 18.0 Å². The molecule has 0 unspecified atom stereocenters. The standard InChI is InChI=1S/C19H23F3N4O/c1-25-16(11-17(24-25)19(20,21)22)18(27)23-12-14-5-7-15(8-6-14)13-26-9-3-2-4-10-26/h5-8,11H,2-4,9-10,12-13H2,1H3,(H,23,27). The van der Waals surface area contributed by atoms with Gasteiger partial charge in [0, 0.05) is 26.2 Å². The number of benzene rings is 1. The highest BCUT2D eigenvalue weighted by Crippen LogP contribution is 2.28. The number of carbonyl (C=O) groups is 1. The number of rotatable bonds is 5. The van der Waals surface area contributed by atoms with E-state index in [0.29, 0.717) is 0 Å². The lowest BCUT2D eigenvalue weighted by molar-refractivity contribution is -0.141. The molecule has 0 bridgehead atoms. The lowest BCUT2D eigenvalue weighted by Crippen LogP contribution is -2.29. The lowest BCUT2D eigenvalue weighted by atomic mass is 10.1. The molecule has 0 aliphatic carbocycles. The third-order valence-corrected chi connectivity index (χ3v) is 4.73. The van der Waals surface area contributed by atoms with E-state index in [0.717, 1.165) is 35.9 Å². The number of likely N-dealkylation sites (tertiary alicyclic amines) is 1. The zero-order valence-corrected chi connectivity index (χ0v) is 15.2. The molecule has 1 aliphatic rings. The van der Waals surface area contributed by atoms with Gasteiger partial charge in [0.05, 0.1) is 0 Å². The second-order valence-electron chi connectivity index (χ2n) is 6.87. The molecular formula is C19H23F3N4O. The zero-order chi connectivity index (χ0) is 19.4. The van der Waals surface area contributed by atoms with E-state index in [4.69, 9.17) is 0 Å². The molecule has 2 heterocycles. The molecule has 146 valence electrons. The van der Waals surface area contributed by atoms with Crippen molar-refractivity contribution in [2.24, 2.45) is 7.05 Å². The smallest absolute Gasteiger partial charge is 0.347 e. The van der Waals surface area contributed by atoms with Crippen LogP contribution in [0.1, 0.15) is 46.6 Å². The fourth-order valence-corrected chi connectivity index (χ4v) is 3.23. The van der Waals surface area contributed by atoms with Crippen LogP contribution in [0.15, 0.2) is 30.3 Å². The van der Waals surface area contributed by atoms with E-state index < -0.39 is 17.8 Å². The predicted molar refractivity (Wildman–Crippen MR) is 95.0 cm³/mol. The monoisotopic (exact) mass is 380 g/mol. The highest BCUT2D eigenvalue weighted by Gasteiger charge is 2.35. The molecule has 3 rings (SSSR count). The summed E-state index contributed by atoms with van der Waals surface area (Å²) in [5, 5.41) is 6.00. The summed E-state index contributed by atoms with van der Waals surface area (Å²) in [7, 11) is 1.32. The number of hydrogen-bond acceptors (Lipinski definition) is 3. The molecule has 1 aromatic heterocycles. The van der Waals surface area contributed by atoms with E-state index in [1.807, 2.05) is 24.3 Å². The molecule has 5 nitrogen and oxygen atoms in total. The van der Waals surface area contributed by atoms with Crippen molar-refractivity contribution in [3.05, 3.63) is 52.8 Å². The summed E-state index contributed by atoms with van der Waals surface area (Å²) in [6.45, 7) is 3.42. The van der Waals surface area contributed by atoms with Crippen LogP contribution in [0.3, 0.4) is 0 Å². The summed E-state index contributed by atoms with van der Waals surface area (Å²) in [5.41, 5.74) is 0.915. The van der Waals surface area contributed by atoms with Crippen molar-refractivity contribution in [2.45, 2.75) is 38.5 Å². The van der Waals surface area contributed by atoms with Crippen LogP contribution in [0.25, 0.3) is 0 Å². The van der Waals surface area contributed by atoms with E-state index in [1.165, 1.54) is 31.9 Å². The van der Waals surface area contributed by atoms with E-state index in [1.54, 1.807) is 0 Å². The second kappa shape index (κ2) is 8.12. The maximum atomic E-state index is 12.7. The van der Waals surface area contributed by atoms with Gasteiger partial charge in [0.25, 0.3) is 5.91 Å². The third-order valence-electron chi connectivity index (χ3n) is 4.73. The summed E-state index contributed by atoms with van der Waals surface area (Å²) in [6.07, 6.45) is -0.779. The normalized spacial score (nSPS) is 15.7. The van der Waals surface area contributed by atoms with Crippen LogP contribution >= 0.6 is 0 Å². The Kier molecular flexibility index (Phi) is 5.84. The van der Waals surface area contributed by atoms with Crippen molar-refractivity contribution >= 4 is 5.91 Å². The molecule has 1 amide bonds. The zero-order valence-electron chi connectivity index (χ0n) is 15.2. The van der Waals surface area contributed by atoms with Crippen LogP contribution in [0, 0.1) is 0 Å². The second-order valence-corrected chi connectivity index (χ2v) is 6.87. The summed E-state index contributed by atoms with van der Waals surface area (Å²) >= 11 is 0. The number of carbonyl (C=O) groups excluding carboxylic acids is 1. The number of aromatic nitrogens is 2. The first kappa shape index (κ1) is 19.4. The van der Waals surface area contributed by atoms with Gasteiger partial charge in [-0.2, -0.15) is 18.3 Å². The van der Waals surface area contributed by atoms with Gasteiger partial charge in [-0.3, -0.25) is 14.4 Å². The fraction of sp³-hybridized carbons (Fsp3) is 0.474. The molecule has 0 atom stereocenters. The number of amides is 1. The Labute approximate surface area is 156 Å². The summed E-state index contributed by atoms with van der Waals surface area (Å²) in [5.74, 6) is -0.585. The molecule has 1 aromatic carbocycles. The average Bonchev–Trinajstić information content (AvgIpc) is 3.04. The van der Waals surface area contributed by atoms with Gasteiger partial charge in [-0.25, -0.2) is 0 Å². The summed E-state index contributed by atoms with van der Waals surface area (Å²) in [4.78, 5) is 14.6. The number of hydrogen-bond donors (Lipinski definition) is 1. The highest BCUT2D eigenvalue weighted by atomic mass is 19.4. The lowest BCUT2D eigenvalue weighted by Gasteiger charge is -2.26. The molecule has 1 fully saturated rings. The predicted octanol–water partition coefficient (Wildman–Crippen LogP) is 3.35. The van der Waals surface area contributed by atoms with E-state index in [-0.39, 0.29) is 12.2 Å². The van der Waals surface area contributed by atoms with Crippen LogP contribution in [-0.4, -0.2) is 33.7 Å². The SMILES string of the molecule is Cn1nc(C(F)(F)F)cc1C(=O)NCc1ccc(CN2CCCCC2)cc1.